The highest BCUT2D eigenvalue weighted by molar-refractivity contribution is 5.76. The SMILES string of the molecule is CCCC1CN(CC(C(=O)O)c2ccccc2)C1. The molecule has 2 rings (SSSR count). The number of likely N-dealkylation sites (tertiary alicyclic amines) is 1. The zero-order chi connectivity index (χ0) is 13.0. The summed E-state index contributed by atoms with van der Waals surface area (Å²) in [6, 6.07) is 9.54. The molecule has 1 aromatic carbocycles. The van der Waals surface area contributed by atoms with Gasteiger partial charge in [0.15, 0.2) is 0 Å². The van der Waals surface area contributed by atoms with Crippen LogP contribution in [-0.4, -0.2) is 35.6 Å². The monoisotopic (exact) mass is 247 g/mol. The molecule has 1 aliphatic heterocycles. The normalized spacial score (nSPS) is 18.3. The second-order valence-corrected chi connectivity index (χ2v) is 5.17. The average molecular weight is 247 g/mol. The number of carboxylic acids is 1. The van der Waals surface area contributed by atoms with E-state index in [1.54, 1.807) is 0 Å². The van der Waals surface area contributed by atoms with Crippen molar-refractivity contribution in [1.82, 2.24) is 4.90 Å². The van der Waals surface area contributed by atoms with Gasteiger partial charge in [-0.3, -0.25) is 4.79 Å². The van der Waals surface area contributed by atoms with Gasteiger partial charge in [-0.25, -0.2) is 0 Å². The van der Waals surface area contributed by atoms with Gasteiger partial charge in [0.05, 0.1) is 5.92 Å². The molecule has 0 aliphatic carbocycles. The lowest BCUT2D eigenvalue weighted by Gasteiger charge is -2.40. The number of hydrogen-bond donors (Lipinski definition) is 1. The molecule has 0 amide bonds. The van der Waals surface area contributed by atoms with Gasteiger partial charge in [0.1, 0.15) is 0 Å². The Hall–Kier alpha value is -1.35. The van der Waals surface area contributed by atoms with Crippen LogP contribution in [-0.2, 0) is 4.79 Å². The number of nitrogens with zero attached hydrogens (tertiary/aromatic N) is 1. The maximum absolute atomic E-state index is 11.4. The van der Waals surface area contributed by atoms with Gasteiger partial charge in [-0.2, -0.15) is 0 Å². The van der Waals surface area contributed by atoms with Crippen LogP contribution in [0.25, 0.3) is 0 Å². The summed E-state index contributed by atoms with van der Waals surface area (Å²) in [4.78, 5) is 13.6. The number of aliphatic carboxylic acids is 1. The highest BCUT2D eigenvalue weighted by atomic mass is 16.4. The third-order valence-electron chi connectivity index (χ3n) is 3.67. The zero-order valence-corrected chi connectivity index (χ0v) is 10.9. The smallest absolute Gasteiger partial charge is 0.312 e. The van der Waals surface area contributed by atoms with Gasteiger partial charge in [0, 0.05) is 19.6 Å². The minimum Gasteiger partial charge on any atom is -0.481 e. The number of carbonyl (C=O) groups is 1. The second-order valence-electron chi connectivity index (χ2n) is 5.17. The number of hydrogen-bond acceptors (Lipinski definition) is 2. The fraction of sp³-hybridized carbons (Fsp3) is 0.533. The first-order chi connectivity index (χ1) is 8.70. The van der Waals surface area contributed by atoms with Crippen LogP contribution in [0.1, 0.15) is 31.2 Å². The Balaban J connectivity index is 1.91. The van der Waals surface area contributed by atoms with Crippen LogP contribution in [0.5, 0.6) is 0 Å². The van der Waals surface area contributed by atoms with E-state index in [1.807, 2.05) is 30.3 Å². The Morgan fingerprint density at radius 2 is 2.06 bits per heavy atom. The van der Waals surface area contributed by atoms with Crippen molar-refractivity contribution in [3.05, 3.63) is 35.9 Å². The quantitative estimate of drug-likeness (QED) is 0.840. The summed E-state index contributed by atoms with van der Waals surface area (Å²) in [5.74, 6) is -0.339. The van der Waals surface area contributed by atoms with E-state index >= 15 is 0 Å². The molecule has 1 heterocycles. The predicted molar refractivity (Wildman–Crippen MR) is 71.7 cm³/mol. The van der Waals surface area contributed by atoms with Gasteiger partial charge in [0.2, 0.25) is 0 Å². The molecule has 3 heteroatoms. The Morgan fingerprint density at radius 3 is 2.61 bits per heavy atom. The van der Waals surface area contributed by atoms with E-state index in [1.165, 1.54) is 12.8 Å². The van der Waals surface area contributed by atoms with Crippen molar-refractivity contribution in [3.8, 4) is 0 Å². The Labute approximate surface area is 108 Å². The van der Waals surface area contributed by atoms with Crippen molar-refractivity contribution in [3.63, 3.8) is 0 Å². The van der Waals surface area contributed by atoms with E-state index in [9.17, 15) is 9.90 Å². The maximum atomic E-state index is 11.4. The minimum atomic E-state index is -0.722. The third kappa shape index (κ3) is 3.10. The number of benzene rings is 1. The van der Waals surface area contributed by atoms with E-state index in [-0.39, 0.29) is 0 Å². The molecule has 1 atom stereocenters. The first-order valence-electron chi connectivity index (χ1n) is 6.70. The third-order valence-corrected chi connectivity index (χ3v) is 3.67. The molecular weight excluding hydrogens is 226 g/mol. The lowest BCUT2D eigenvalue weighted by Crippen LogP contribution is -2.48. The summed E-state index contributed by atoms with van der Waals surface area (Å²) in [5, 5.41) is 9.34. The highest BCUT2D eigenvalue weighted by Crippen LogP contribution is 2.25. The summed E-state index contributed by atoms with van der Waals surface area (Å²) in [5.41, 5.74) is 0.906. The molecule has 0 spiro atoms. The van der Waals surface area contributed by atoms with Crippen molar-refractivity contribution in [2.75, 3.05) is 19.6 Å². The fourth-order valence-electron chi connectivity index (χ4n) is 2.69. The van der Waals surface area contributed by atoms with E-state index in [0.29, 0.717) is 6.54 Å². The van der Waals surface area contributed by atoms with E-state index in [4.69, 9.17) is 0 Å². The largest absolute Gasteiger partial charge is 0.481 e. The second kappa shape index (κ2) is 6.01. The molecule has 3 nitrogen and oxygen atoms in total. The molecule has 0 radical (unpaired) electrons. The molecule has 1 fully saturated rings. The van der Waals surface area contributed by atoms with E-state index in [0.717, 1.165) is 24.6 Å². The van der Waals surface area contributed by atoms with Crippen molar-refractivity contribution in [2.45, 2.75) is 25.7 Å². The first-order valence-corrected chi connectivity index (χ1v) is 6.70. The zero-order valence-electron chi connectivity index (χ0n) is 10.9. The minimum absolute atomic E-state index is 0.395. The number of carboxylic acid groups (broad SMARTS) is 1. The van der Waals surface area contributed by atoms with Crippen LogP contribution in [0.15, 0.2) is 30.3 Å². The van der Waals surface area contributed by atoms with Crippen molar-refractivity contribution < 1.29 is 9.90 Å². The average Bonchev–Trinajstić information content (AvgIpc) is 2.32. The topological polar surface area (TPSA) is 40.5 Å². The van der Waals surface area contributed by atoms with Crippen LogP contribution in [0.3, 0.4) is 0 Å². The number of rotatable bonds is 6. The van der Waals surface area contributed by atoms with Crippen molar-refractivity contribution >= 4 is 5.97 Å². The summed E-state index contributed by atoms with van der Waals surface area (Å²) in [6.07, 6.45) is 2.49. The Morgan fingerprint density at radius 1 is 1.39 bits per heavy atom. The molecule has 0 saturated carbocycles. The van der Waals surface area contributed by atoms with Gasteiger partial charge in [-0.05, 0) is 17.9 Å². The molecule has 18 heavy (non-hydrogen) atoms. The Bertz CT molecular complexity index is 385. The van der Waals surface area contributed by atoms with E-state index < -0.39 is 11.9 Å². The molecule has 1 unspecified atom stereocenters. The molecule has 1 aromatic rings. The van der Waals surface area contributed by atoms with Crippen LogP contribution in [0.4, 0.5) is 0 Å². The van der Waals surface area contributed by atoms with Crippen LogP contribution in [0, 0.1) is 5.92 Å². The van der Waals surface area contributed by atoms with Crippen LogP contribution < -0.4 is 0 Å². The van der Waals surface area contributed by atoms with E-state index in [2.05, 4.69) is 11.8 Å². The predicted octanol–water partition coefficient (Wildman–Crippen LogP) is 2.59. The molecule has 0 bridgehead atoms. The molecule has 1 N–H and O–H groups in total. The highest BCUT2D eigenvalue weighted by Gasteiger charge is 2.30. The fourth-order valence-corrected chi connectivity index (χ4v) is 2.69. The molecule has 1 aliphatic rings. The standard InChI is InChI=1S/C15H21NO2/c1-2-6-12-9-16(10-12)11-14(15(17)18)13-7-4-3-5-8-13/h3-5,7-8,12,14H,2,6,9-11H2,1H3,(H,17,18). The summed E-state index contributed by atoms with van der Waals surface area (Å²) < 4.78 is 0. The van der Waals surface area contributed by atoms with Crippen molar-refractivity contribution in [1.29, 1.82) is 0 Å². The lowest BCUT2D eigenvalue weighted by atomic mass is 9.91. The van der Waals surface area contributed by atoms with Crippen LogP contribution >= 0.6 is 0 Å². The lowest BCUT2D eigenvalue weighted by molar-refractivity contribution is -0.139. The Kier molecular flexibility index (Phi) is 4.37. The van der Waals surface area contributed by atoms with Gasteiger partial charge in [0.25, 0.3) is 0 Å². The summed E-state index contributed by atoms with van der Waals surface area (Å²) >= 11 is 0. The van der Waals surface area contributed by atoms with Gasteiger partial charge < -0.3 is 10.0 Å². The van der Waals surface area contributed by atoms with Gasteiger partial charge in [-0.1, -0.05) is 43.7 Å². The van der Waals surface area contributed by atoms with Crippen molar-refractivity contribution in [2.24, 2.45) is 5.92 Å². The molecule has 0 aromatic heterocycles. The summed E-state index contributed by atoms with van der Waals surface area (Å²) in [6.45, 7) is 4.96. The molecule has 1 saturated heterocycles. The summed E-state index contributed by atoms with van der Waals surface area (Å²) in [7, 11) is 0. The van der Waals surface area contributed by atoms with Gasteiger partial charge >= 0.3 is 5.97 Å². The maximum Gasteiger partial charge on any atom is 0.312 e. The van der Waals surface area contributed by atoms with Crippen LogP contribution in [0.2, 0.25) is 0 Å². The first kappa shape index (κ1) is 13.1. The van der Waals surface area contributed by atoms with Gasteiger partial charge in [-0.15, -0.1) is 0 Å². The molecule has 98 valence electrons. The molecular formula is C15H21NO2.